The standard InChI is InChI=1S/C23H38N4O2.HI/c1-5-7-8-9-14-25-23(24-6-2)26-15-20-10-12-21(13-11-20)22(28)27-16-18(3)29-19(4)17-27;/h10-13,18-19H,5-9,14-17H2,1-4H3,(H2,24,25,26);1H. The molecule has 0 aliphatic carbocycles. The lowest BCUT2D eigenvalue weighted by atomic mass is 10.1. The van der Waals surface area contributed by atoms with E-state index in [1.165, 1.54) is 19.3 Å². The minimum atomic E-state index is 0. The largest absolute Gasteiger partial charge is 0.372 e. The van der Waals surface area contributed by atoms with Gasteiger partial charge in [-0.1, -0.05) is 38.3 Å². The Morgan fingerprint density at radius 3 is 2.33 bits per heavy atom. The van der Waals surface area contributed by atoms with Gasteiger partial charge in [-0.25, -0.2) is 4.99 Å². The first-order chi connectivity index (χ1) is 14.0. The molecule has 1 aliphatic heterocycles. The smallest absolute Gasteiger partial charge is 0.254 e. The van der Waals surface area contributed by atoms with Crippen LogP contribution in [-0.4, -0.2) is 55.2 Å². The van der Waals surface area contributed by atoms with Gasteiger partial charge in [0.25, 0.3) is 5.91 Å². The predicted octanol–water partition coefficient (Wildman–Crippen LogP) is 4.19. The number of halogens is 1. The van der Waals surface area contributed by atoms with Crippen molar-refractivity contribution in [1.82, 2.24) is 15.5 Å². The molecule has 2 unspecified atom stereocenters. The molecule has 1 amide bonds. The van der Waals surface area contributed by atoms with Gasteiger partial charge in [0.2, 0.25) is 0 Å². The number of benzene rings is 1. The van der Waals surface area contributed by atoms with Gasteiger partial charge in [-0.15, -0.1) is 24.0 Å². The number of unbranched alkanes of at least 4 members (excludes halogenated alkanes) is 3. The Balaban J connectivity index is 0.00000450. The predicted molar refractivity (Wildman–Crippen MR) is 135 cm³/mol. The van der Waals surface area contributed by atoms with Crippen LogP contribution in [0.2, 0.25) is 0 Å². The Labute approximate surface area is 199 Å². The van der Waals surface area contributed by atoms with Crippen LogP contribution in [0.5, 0.6) is 0 Å². The number of hydrogen-bond donors (Lipinski definition) is 2. The van der Waals surface area contributed by atoms with E-state index < -0.39 is 0 Å². The van der Waals surface area contributed by atoms with Crippen molar-refractivity contribution in [2.45, 2.75) is 72.1 Å². The summed E-state index contributed by atoms with van der Waals surface area (Å²) >= 11 is 0. The molecule has 1 saturated heterocycles. The minimum absolute atomic E-state index is 0. The average Bonchev–Trinajstić information content (AvgIpc) is 2.71. The fourth-order valence-corrected chi connectivity index (χ4v) is 3.55. The van der Waals surface area contributed by atoms with E-state index >= 15 is 0 Å². The van der Waals surface area contributed by atoms with Gasteiger partial charge in [-0.2, -0.15) is 0 Å². The van der Waals surface area contributed by atoms with Crippen molar-refractivity contribution in [1.29, 1.82) is 0 Å². The molecular formula is C23H39IN4O2. The molecule has 1 aliphatic rings. The van der Waals surface area contributed by atoms with Crippen molar-refractivity contribution in [2.75, 3.05) is 26.2 Å². The first-order valence-corrected chi connectivity index (χ1v) is 11.1. The third kappa shape index (κ3) is 9.20. The number of ether oxygens (including phenoxy) is 1. The second-order valence-corrected chi connectivity index (χ2v) is 7.85. The van der Waals surface area contributed by atoms with Crippen molar-refractivity contribution < 1.29 is 9.53 Å². The van der Waals surface area contributed by atoms with Crippen LogP contribution in [0.25, 0.3) is 0 Å². The summed E-state index contributed by atoms with van der Waals surface area (Å²) in [4.78, 5) is 19.3. The summed E-state index contributed by atoms with van der Waals surface area (Å²) in [6.45, 7) is 12.0. The highest BCUT2D eigenvalue weighted by Gasteiger charge is 2.26. The van der Waals surface area contributed by atoms with E-state index in [0.717, 1.165) is 36.6 Å². The fourth-order valence-electron chi connectivity index (χ4n) is 3.55. The molecule has 0 bridgehead atoms. The number of hydrogen-bond acceptors (Lipinski definition) is 3. The number of aliphatic imine (C=N–C) groups is 1. The molecule has 1 fully saturated rings. The fraction of sp³-hybridized carbons (Fsp3) is 0.652. The summed E-state index contributed by atoms with van der Waals surface area (Å²) < 4.78 is 5.72. The first-order valence-electron chi connectivity index (χ1n) is 11.1. The Morgan fingerprint density at radius 2 is 1.73 bits per heavy atom. The molecule has 30 heavy (non-hydrogen) atoms. The van der Waals surface area contributed by atoms with Crippen molar-refractivity contribution in [2.24, 2.45) is 4.99 Å². The molecule has 1 aromatic rings. The van der Waals surface area contributed by atoms with Gasteiger partial charge in [0.05, 0.1) is 18.8 Å². The highest BCUT2D eigenvalue weighted by atomic mass is 127. The van der Waals surface area contributed by atoms with Crippen LogP contribution in [-0.2, 0) is 11.3 Å². The van der Waals surface area contributed by atoms with Crippen LogP contribution in [0.4, 0.5) is 0 Å². The summed E-state index contributed by atoms with van der Waals surface area (Å²) in [6.07, 6.45) is 5.09. The number of amides is 1. The molecule has 6 nitrogen and oxygen atoms in total. The van der Waals surface area contributed by atoms with E-state index in [4.69, 9.17) is 4.74 Å². The van der Waals surface area contributed by atoms with E-state index in [-0.39, 0.29) is 42.1 Å². The SMILES string of the molecule is CCCCCCNC(=NCc1ccc(C(=O)N2CC(C)OC(C)C2)cc1)NCC.I. The highest BCUT2D eigenvalue weighted by Crippen LogP contribution is 2.15. The highest BCUT2D eigenvalue weighted by molar-refractivity contribution is 14.0. The topological polar surface area (TPSA) is 66.0 Å². The summed E-state index contributed by atoms with van der Waals surface area (Å²) in [6, 6.07) is 7.80. The van der Waals surface area contributed by atoms with Gasteiger partial charge in [0.1, 0.15) is 0 Å². The van der Waals surface area contributed by atoms with Crippen molar-refractivity contribution in [3.05, 3.63) is 35.4 Å². The zero-order chi connectivity index (χ0) is 21.1. The molecule has 1 heterocycles. The van der Waals surface area contributed by atoms with E-state index in [0.29, 0.717) is 19.6 Å². The Hall–Kier alpha value is -1.35. The monoisotopic (exact) mass is 530 g/mol. The first kappa shape index (κ1) is 26.7. The number of guanidine groups is 1. The number of rotatable bonds is 9. The minimum Gasteiger partial charge on any atom is -0.372 e. The van der Waals surface area contributed by atoms with Gasteiger partial charge < -0.3 is 20.3 Å². The van der Waals surface area contributed by atoms with Crippen LogP contribution in [0.3, 0.4) is 0 Å². The molecular weight excluding hydrogens is 491 g/mol. The summed E-state index contributed by atoms with van der Waals surface area (Å²) in [5.74, 6) is 0.921. The third-order valence-corrected chi connectivity index (χ3v) is 4.99. The summed E-state index contributed by atoms with van der Waals surface area (Å²) in [5, 5.41) is 6.69. The Morgan fingerprint density at radius 1 is 1.07 bits per heavy atom. The maximum atomic E-state index is 12.8. The van der Waals surface area contributed by atoms with Crippen LogP contribution in [0.15, 0.2) is 29.3 Å². The van der Waals surface area contributed by atoms with Crippen molar-refractivity contribution >= 4 is 35.8 Å². The average molecular weight is 530 g/mol. The van der Waals surface area contributed by atoms with Gasteiger partial charge in [0, 0.05) is 31.7 Å². The van der Waals surface area contributed by atoms with Gasteiger partial charge in [-0.05, 0) is 44.9 Å². The van der Waals surface area contributed by atoms with E-state index in [2.05, 4.69) is 29.5 Å². The number of nitrogens with one attached hydrogen (secondary N) is 2. The Bertz CT molecular complexity index is 641. The van der Waals surface area contributed by atoms with Gasteiger partial charge >= 0.3 is 0 Å². The quantitative estimate of drug-likeness (QED) is 0.218. The lowest BCUT2D eigenvalue weighted by Gasteiger charge is -2.35. The van der Waals surface area contributed by atoms with Crippen LogP contribution < -0.4 is 10.6 Å². The molecule has 2 atom stereocenters. The Kier molecular flexibility index (Phi) is 13.0. The van der Waals surface area contributed by atoms with E-state index in [9.17, 15) is 4.79 Å². The normalized spacial score (nSPS) is 19.2. The lowest BCUT2D eigenvalue weighted by Crippen LogP contribution is -2.48. The molecule has 1 aromatic carbocycles. The van der Waals surface area contributed by atoms with Crippen LogP contribution in [0, 0.1) is 0 Å². The lowest BCUT2D eigenvalue weighted by molar-refractivity contribution is -0.0586. The van der Waals surface area contributed by atoms with Crippen LogP contribution in [0.1, 0.15) is 69.3 Å². The summed E-state index contributed by atoms with van der Waals surface area (Å²) in [7, 11) is 0. The molecule has 7 heteroatoms. The summed E-state index contributed by atoms with van der Waals surface area (Å²) in [5.41, 5.74) is 1.81. The van der Waals surface area contributed by atoms with Gasteiger partial charge in [-0.3, -0.25) is 4.79 Å². The maximum Gasteiger partial charge on any atom is 0.254 e. The molecule has 0 saturated carbocycles. The number of carbonyl (C=O) groups is 1. The number of carbonyl (C=O) groups excluding carboxylic acids is 1. The molecule has 0 radical (unpaired) electrons. The maximum absolute atomic E-state index is 12.8. The van der Waals surface area contributed by atoms with Gasteiger partial charge in [0.15, 0.2) is 5.96 Å². The second-order valence-electron chi connectivity index (χ2n) is 7.85. The third-order valence-electron chi connectivity index (χ3n) is 4.99. The molecule has 0 aromatic heterocycles. The number of nitrogens with zero attached hydrogens (tertiary/aromatic N) is 2. The van der Waals surface area contributed by atoms with E-state index in [1.54, 1.807) is 0 Å². The van der Waals surface area contributed by atoms with E-state index in [1.807, 2.05) is 43.0 Å². The van der Waals surface area contributed by atoms with Crippen molar-refractivity contribution in [3.8, 4) is 0 Å². The molecule has 2 rings (SSSR count). The van der Waals surface area contributed by atoms with Crippen molar-refractivity contribution in [3.63, 3.8) is 0 Å². The number of morpholine rings is 1. The second kappa shape index (κ2) is 14.6. The molecule has 0 spiro atoms. The molecule has 2 N–H and O–H groups in total. The zero-order valence-corrected chi connectivity index (χ0v) is 21.3. The van der Waals surface area contributed by atoms with Crippen LogP contribution >= 0.6 is 24.0 Å². The zero-order valence-electron chi connectivity index (χ0n) is 18.9. The molecule has 170 valence electrons.